The molecular weight excluding hydrogens is 352 g/mol. The number of fused-ring (bicyclic) bond motifs is 2. The van der Waals surface area contributed by atoms with Crippen molar-refractivity contribution in [3.63, 3.8) is 0 Å². The number of ether oxygens (including phenoxy) is 2. The van der Waals surface area contributed by atoms with E-state index < -0.39 is 18.2 Å². The lowest BCUT2D eigenvalue weighted by atomic mass is 10.1. The summed E-state index contributed by atoms with van der Waals surface area (Å²) < 4.78 is 10.0. The van der Waals surface area contributed by atoms with Gasteiger partial charge in [0.15, 0.2) is 5.57 Å². The smallest absolute Gasteiger partial charge is 0.349 e. The average Bonchev–Trinajstić information content (AvgIpc) is 2.58. The standard InChI is InChI=1S/C19H16N2O4S/c1-10-24-18(22)17(19(23)25-10)11-4-6-13-15(8-11)26-16-9-12(21(2)3)5-7-14(16)20-13/h4-10H,1-3H3. The van der Waals surface area contributed by atoms with E-state index in [0.717, 1.165) is 26.5 Å². The third-order valence-electron chi connectivity index (χ3n) is 4.12. The van der Waals surface area contributed by atoms with Gasteiger partial charge in [0, 0.05) is 36.5 Å². The maximum atomic E-state index is 12.1. The van der Waals surface area contributed by atoms with Gasteiger partial charge in [0.25, 0.3) is 0 Å². The molecule has 0 amide bonds. The molecular formula is C19H16N2O4S. The Morgan fingerprint density at radius 1 is 1.00 bits per heavy atom. The highest BCUT2D eigenvalue weighted by Gasteiger charge is 2.31. The number of anilines is 1. The lowest BCUT2D eigenvalue weighted by Crippen LogP contribution is -2.36. The second-order valence-corrected chi connectivity index (χ2v) is 7.28. The number of esters is 2. The third kappa shape index (κ3) is 2.84. The predicted molar refractivity (Wildman–Crippen MR) is 96.8 cm³/mol. The number of cyclic esters (lactones) is 2. The fourth-order valence-corrected chi connectivity index (χ4v) is 3.85. The molecule has 0 bridgehead atoms. The van der Waals surface area contributed by atoms with E-state index in [1.807, 2.05) is 31.1 Å². The second kappa shape index (κ2) is 6.17. The summed E-state index contributed by atoms with van der Waals surface area (Å²) in [7, 11) is 3.96. The molecule has 4 rings (SSSR count). The van der Waals surface area contributed by atoms with Crippen molar-refractivity contribution in [1.29, 1.82) is 0 Å². The van der Waals surface area contributed by atoms with Gasteiger partial charge < -0.3 is 14.4 Å². The van der Waals surface area contributed by atoms with Gasteiger partial charge in [-0.05, 0) is 35.6 Å². The van der Waals surface area contributed by atoms with Crippen molar-refractivity contribution >= 4 is 40.6 Å². The van der Waals surface area contributed by atoms with Crippen molar-refractivity contribution in [3.05, 3.63) is 47.0 Å². The zero-order valence-electron chi connectivity index (χ0n) is 14.5. The first-order valence-electron chi connectivity index (χ1n) is 8.06. The summed E-state index contributed by atoms with van der Waals surface area (Å²) in [5.41, 5.74) is 1.90. The lowest BCUT2D eigenvalue weighted by Gasteiger charge is -2.21. The summed E-state index contributed by atoms with van der Waals surface area (Å²) in [5.74, 6) is -1.33. The Morgan fingerprint density at radius 2 is 1.73 bits per heavy atom. The summed E-state index contributed by atoms with van der Waals surface area (Å²) in [4.78, 5) is 32.8. The van der Waals surface area contributed by atoms with Gasteiger partial charge in [0.2, 0.25) is 6.29 Å². The minimum Gasteiger partial charge on any atom is -0.422 e. The molecule has 132 valence electrons. The van der Waals surface area contributed by atoms with Crippen LogP contribution in [0, 0.1) is 0 Å². The van der Waals surface area contributed by atoms with Crippen molar-refractivity contribution in [1.82, 2.24) is 0 Å². The van der Waals surface area contributed by atoms with Crippen LogP contribution in [0.15, 0.2) is 51.2 Å². The van der Waals surface area contributed by atoms with Crippen LogP contribution < -0.4 is 15.5 Å². The highest BCUT2D eigenvalue weighted by Crippen LogP contribution is 2.38. The van der Waals surface area contributed by atoms with E-state index in [-0.39, 0.29) is 5.57 Å². The minimum atomic E-state index is -0.864. The first kappa shape index (κ1) is 16.7. The van der Waals surface area contributed by atoms with Crippen LogP contribution in [0.2, 0.25) is 0 Å². The largest absolute Gasteiger partial charge is 0.422 e. The van der Waals surface area contributed by atoms with Crippen LogP contribution in [-0.2, 0) is 19.1 Å². The summed E-state index contributed by atoms with van der Waals surface area (Å²) >= 11 is 1.56. The SMILES string of the molecule is CC1OC(=O)C(=c2ccc3c(c2)Sc2cc(N(C)C)ccc2N=3)C(=O)O1. The third-order valence-corrected chi connectivity index (χ3v) is 5.22. The van der Waals surface area contributed by atoms with Crippen LogP contribution in [0.1, 0.15) is 6.92 Å². The Balaban J connectivity index is 1.83. The van der Waals surface area contributed by atoms with E-state index in [4.69, 9.17) is 9.47 Å². The second-order valence-electron chi connectivity index (χ2n) is 6.20. The first-order valence-corrected chi connectivity index (χ1v) is 8.88. The zero-order chi connectivity index (χ0) is 18.4. The molecule has 1 saturated heterocycles. The van der Waals surface area contributed by atoms with Crippen molar-refractivity contribution in [3.8, 4) is 0 Å². The van der Waals surface area contributed by atoms with E-state index in [1.54, 1.807) is 30.0 Å². The van der Waals surface area contributed by atoms with Gasteiger partial charge in [-0.15, -0.1) is 0 Å². The number of hydrogen-bond donors (Lipinski definition) is 0. The molecule has 0 aliphatic carbocycles. The Labute approximate surface area is 154 Å². The van der Waals surface area contributed by atoms with Crippen LogP contribution >= 0.6 is 11.8 Å². The highest BCUT2D eigenvalue weighted by molar-refractivity contribution is 7.99. The van der Waals surface area contributed by atoms with Gasteiger partial charge in [-0.25, -0.2) is 14.6 Å². The average molecular weight is 368 g/mol. The van der Waals surface area contributed by atoms with Crippen molar-refractivity contribution in [2.45, 2.75) is 23.0 Å². The molecule has 0 N–H and O–H groups in total. The molecule has 2 heterocycles. The Kier molecular flexibility index (Phi) is 3.96. The van der Waals surface area contributed by atoms with E-state index >= 15 is 0 Å². The van der Waals surface area contributed by atoms with Crippen LogP contribution in [0.4, 0.5) is 11.4 Å². The van der Waals surface area contributed by atoms with Gasteiger partial charge in [0.1, 0.15) is 0 Å². The molecule has 7 heteroatoms. The number of carbonyl (C=O) groups excluding carboxylic acids is 2. The van der Waals surface area contributed by atoms with E-state index in [1.165, 1.54) is 6.92 Å². The van der Waals surface area contributed by atoms with Crippen LogP contribution in [0.3, 0.4) is 0 Å². The summed E-state index contributed by atoms with van der Waals surface area (Å²) in [5, 5.41) is 1.27. The maximum absolute atomic E-state index is 12.1. The van der Waals surface area contributed by atoms with Crippen LogP contribution in [-0.4, -0.2) is 32.3 Å². The summed E-state index contributed by atoms with van der Waals surface area (Å²) in [6.45, 7) is 1.51. The molecule has 6 nitrogen and oxygen atoms in total. The van der Waals surface area contributed by atoms with Crippen molar-refractivity contribution < 1.29 is 19.1 Å². The topological polar surface area (TPSA) is 68.2 Å². The fourth-order valence-electron chi connectivity index (χ4n) is 2.81. The monoisotopic (exact) mass is 368 g/mol. The molecule has 0 atom stereocenters. The molecule has 2 aliphatic heterocycles. The summed E-state index contributed by atoms with van der Waals surface area (Å²) in [6.07, 6.45) is -0.864. The maximum Gasteiger partial charge on any atom is 0.349 e. The number of carbonyl (C=O) groups is 2. The number of rotatable bonds is 1. The van der Waals surface area contributed by atoms with E-state index in [9.17, 15) is 9.59 Å². The molecule has 0 spiro atoms. The van der Waals surface area contributed by atoms with Crippen LogP contribution in [0.5, 0.6) is 0 Å². The lowest BCUT2D eigenvalue weighted by molar-refractivity contribution is -0.185. The molecule has 2 aromatic rings. The van der Waals surface area contributed by atoms with Gasteiger partial charge in [0.05, 0.1) is 11.0 Å². The minimum absolute atomic E-state index is 0.0839. The van der Waals surface area contributed by atoms with Crippen LogP contribution in [0.25, 0.3) is 5.57 Å². The number of hydrogen-bond acceptors (Lipinski definition) is 7. The molecule has 2 aliphatic rings. The molecule has 26 heavy (non-hydrogen) atoms. The molecule has 0 aromatic heterocycles. The molecule has 0 saturated carbocycles. The summed E-state index contributed by atoms with van der Waals surface area (Å²) in [6, 6.07) is 11.3. The van der Waals surface area contributed by atoms with E-state index in [0.29, 0.717) is 5.22 Å². The van der Waals surface area contributed by atoms with Crippen molar-refractivity contribution in [2.75, 3.05) is 19.0 Å². The van der Waals surface area contributed by atoms with Crippen molar-refractivity contribution in [2.24, 2.45) is 4.99 Å². The Morgan fingerprint density at radius 3 is 2.42 bits per heavy atom. The van der Waals surface area contributed by atoms with Gasteiger partial charge in [-0.2, -0.15) is 0 Å². The number of benzene rings is 2. The Bertz CT molecular complexity index is 1040. The van der Waals surface area contributed by atoms with Gasteiger partial charge in [-0.1, -0.05) is 17.8 Å². The van der Waals surface area contributed by atoms with Gasteiger partial charge in [-0.3, -0.25) is 0 Å². The molecule has 0 radical (unpaired) electrons. The normalized spacial score (nSPS) is 18.3. The predicted octanol–water partition coefficient (Wildman–Crippen LogP) is 1.77. The Hall–Kier alpha value is -2.80. The highest BCUT2D eigenvalue weighted by atomic mass is 32.2. The van der Waals surface area contributed by atoms with Gasteiger partial charge >= 0.3 is 11.9 Å². The zero-order valence-corrected chi connectivity index (χ0v) is 15.3. The fraction of sp³-hybridized carbons (Fsp3) is 0.211. The molecule has 0 unspecified atom stereocenters. The quantitative estimate of drug-likeness (QED) is 0.610. The molecule has 2 aromatic carbocycles. The number of nitrogens with zero attached hydrogens (tertiary/aromatic N) is 2. The first-order chi connectivity index (χ1) is 12.4. The van der Waals surface area contributed by atoms with E-state index in [2.05, 4.69) is 11.1 Å². The molecule has 1 fully saturated rings.